The van der Waals surface area contributed by atoms with Crippen LogP contribution >= 0.6 is 0 Å². The minimum Gasteiger partial charge on any atom is -0.494 e. The van der Waals surface area contributed by atoms with E-state index in [9.17, 15) is 13.2 Å². The van der Waals surface area contributed by atoms with E-state index in [2.05, 4.69) is 4.74 Å². The molecule has 0 radical (unpaired) electrons. The Bertz CT molecular complexity index is 352. The van der Waals surface area contributed by atoms with Crippen molar-refractivity contribution in [3.05, 3.63) is 24.3 Å². The van der Waals surface area contributed by atoms with Crippen LogP contribution in [0.1, 0.15) is 25.7 Å². The molecule has 0 spiro atoms. The molecule has 6 heteroatoms. The van der Waals surface area contributed by atoms with E-state index in [1.807, 2.05) is 0 Å². The zero-order chi connectivity index (χ0) is 14.1. The van der Waals surface area contributed by atoms with E-state index in [0.717, 1.165) is 25.7 Å². The molecule has 3 nitrogen and oxygen atoms in total. The Labute approximate surface area is 110 Å². The quantitative estimate of drug-likeness (QED) is 0.740. The Hall–Kier alpha value is -1.43. The molecule has 1 aromatic rings. The van der Waals surface area contributed by atoms with Gasteiger partial charge in [-0.1, -0.05) is 12.8 Å². The SMILES string of the molecule is NCCCCCCOc1ccc(OC(F)(F)F)cc1. The van der Waals surface area contributed by atoms with Gasteiger partial charge in [0.15, 0.2) is 0 Å². The van der Waals surface area contributed by atoms with E-state index in [1.165, 1.54) is 24.3 Å². The van der Waals surface area contributed by atoms with E-state index in [-0.39, 0.29) is 5.75 Å². The van der Waals surface area contributed by atoms with Crippen LogP contribution in [-0.2, 0) is 0 Å². The van der Waals surface area contributed by atoms with Crippen LogP contribution in [0.5, 0.6) is 11.5 Å². The maximum atomic E-state index is 11.9. The van der Waals surface area contributed by atoms with Crippen molar-refractivity contribution in [1.29, 1.82) is 0 Å². The second-order valence-corrected chi connectivity index (χ2v) is 4.07. The third kappa shape index (κ3) is 7.56. The summed E-state index contributed by atoms with van der Waals surface area (Å²) in [6.45, 7) is 1.24. The standard InChI is InChI=1S/C13H18F3NO2/c14-13(15,16)19-12-7-5-11(6-8-12)18-10-4-2-1-3-9-17/h5-8H,1-4,9-10,17H2. The molecule has 0 saturated carbocycles. The van der Waals surface area contributed by atoms with Crippen molar-refractivity contribution in [2.24, 2.45) is 5.73 Å². The molecule has 0 amide bonds. The van der Waals surface area contributed by atoms with Gasteiger partial charge in [-0.15, -0.1) is 13.2 Å². The van der Waals surface area contributed by atoms with Crippen LogP contribution in [0.3, 0.4) is 0 Å². The second kappa shape index (κ2) is 7.89. The molecule has 0 heterocycles. The summed E-state index contributed by atoms with van der Waals surface area (Å²) < 4.78 is 45.0. The Balaban J connectivity index is 2.25. The molecule has 1 rings (SSSR count). The van der Waals surface area contributed by atoms with Gasteiger partial charge in [0.2, 0.25) is 0 Å². The van der Waals surface area contributed by atoms with Gasteiger partial charge in [0.05, 0.1) is 6.61 Å². The minimum atomic E-state index is -4.66. The molecule has 108 valence electrons. The topological polar surface area (TPSA) is 44.5 Å². The summed E-state index contributed by atoms with van der Waals surface area (Å²) in [7, 11) is 0. The fourth-order valence-corrected chi connectivity index (χ4v) is 1.53. The van der Waals surface area contributed by atoms with Crippen molar-refractivity contribution < 1.29 is 22.6 Å². The number of halogens is 3. The van der Waals surface area contributed by atoms with Gasteiger partial charge < -0.3 is 15.2 Å². The van der Waals surface area contributed by atoms with Crippen LogP contribution in [0.25, 0.3) is 0 Å². The van der Waals surface area contributed by atoms with Crippen molar-refractivity contribution in [3.63, 3.8) is 0 Å². The minimum absolute atomic E-state index is 0.247. The van der Waals surface area contributed by atoms with Crippen LogP contribution in [0, 0.1) is 0 Å². The molecule has 0 aliphatic rings. The van der Waals surface area contributed by atoms with Crippen molar-refractivity contribution in [2.75, 3.05) is 13.2 Å². The fourth-order valence-electron chi connectivity index (χ4n) is 1.53. The van der Waals surface area contributed by atoms with Gasteiger partial charge in [-0.2, -0.15) is 0 Å². The van der Waals surface area contributed by atoms with Crippen LogP contribution in [0.4, 0.5) is 13.2 Å². The summed E-state index contributed by atoms with van der Waals surface area (Å²) in [6.07, 6.45) is -0.652. The summed E-state index contributed by atoms with van der Waals surface area (Å²) in [5, 5.41) is 0. The smallest absolute Gasteiger partial charge is 0.494 e. The van der Waals surface area contributed by atoms with Crippen molar-refractivity contribution in [3.8, 4) is 11.5 Å². The van der Waals surface area contributed by atoms with Gasteiger partial charge in [-0.25, -0.2) is 0 Å². The first-order valence-corrected chi connectivity index (χ1v) is 6.20. The number of rotatable bonds is 8. The molecule has 0 atom stereocenters. The predicted molar refractivity (Wildman–Crippen MR) is 66.1 cm³/mol. The lowest BCUT2D eigenvalue weighted by Gasteiger charge is -2.10. The number of nitrogens with two attached hydrogens (primary N) is 1. The van der Waals surface area contributed by atoms with Crippen LogP contribution < -0.4 is 15.2 Å². The first-order chi connectivity index (χ1) is 9.01. The van der Waals surface area contributed by atoms with E-state index < -0.39 is 6.36 Å². The first-order valence-electron chi connectivity index (χ1n) is 6.20. The molecule has 0 unspecified atom stereocenters. The maximum Gasteiger partial charge on any atom is 0.573 e. The molecule has 2 N–H and O–H groups in total. The van der Waals surface area contributed by atoms with Crippen molar-refractivity contribution in [2.45, 2.75) is 32.0 Å². The van der Waals surface area contributed by atoms with Gasteiger partial charge in [0.1, 0.15) is 11.5 Å². The summed E-state index contributed by atoms with van der Waals surface area (Å²) in [4.78, 5) is 0. The van der Waals surface area contributed by atoms with Gasteiger partial charge in [-0.05, 0) is 43.7 Å². The molecule has 1 aromatic carbocycles. The number of hydrogen-bond acceptors (Lipinski definition) is 3. The number of benzene rings is 1. The van der Waals surface area contributed by atoms with Gasteiger partial charge in [0, 0.05) is 0 Å². The Morgan fingerprint density at radius 3 is 2.05 bits per heavy atom. The third-order valence-corrected chi connectivity index (χ3v) is 2.42. The maximum absolute atomic E-state index is 11.9. The molecule has 0 aliphatic carbocycles. The monoisotopic (exact) mass is 277 g/mol. The van der Waals surface area contributed by atoms with Crippen LogP contribution in [-0.4, -0.2) is 19.5 Å². The van der Waals surface area contributed by atoms with E-state index >= 15 is 0 Å². The molecule has 19 heavy (non-hydrogen) atoms. The van der Waals surface area contributed by atoms with Crippen LogP contribution in [0.15, 0.2) is 24.3 Å². The third-order valence-electron chi connectivity index (χ3n) is 2.42. The lowest BCUT2D eigenvalue weighted by Crippen LogP contribution is -2.16. The largest absolute Gasteiger partial charge is 0.573 e. The highest BCUT2D eigenvalue weighted by atomic mass is 19.4. The summed E-state index contributed by atoms with van der Waals surface area (Å²) in [5.41, 5.74) is 5.37. The first kappa shape index (κ1) is 15.6. The lowest BCUT2D eigenvalue weighted by molar-refractivity contribution is -0.274. The number of ether oxygens (including phenoxy) is 2. The molecular weight excluding hydrogens is 259 g/mol. The summed E-state index contributed by atoms with van der Waals surface area (Å²) in [6, 6.07) is 5.39. The zero-order valence-electron chi connectivity index (χ0n) is 10.6. The summed E-state index contributed by atoms with van der Waals surface area (Å²) in [5.74, 6) is 0.288. The zero-order valence-corrected chi connectivity index (χ0v) is 10.6. The molecule has 0 fully saturated rings. The normalized spacial score (nSPS) is 11.4. The average molecular weight is 277 g/mol. The summed E-state index contributed by atoms with van der Waals surface area (Å²) >= 11 is 0. The highest BCUT2D eigenvalue weighted by Gasteiger charge is 2.30. The number of hydrogen-bond donors (Lipinski definition) is 1. The second-order valence-electron chi connectivity index (χ2n) is 4.07. The van der Waals surface area contributed by atoms with Crippen molar-refractivity contribution >= 4 is 0 Å². The Morgan fingerprint density at radius 2 is 1.47 bits per heavy atom. The van der Waals surface area contributed by atoms with Gasteiger partial charge in [0.25, 0.3) is 0 Å². The molecule has 0 saturated heterocycles. The lowest BCUT2D eigenvalue weighted by atomic mass is 10.2. The fraction of sp³-hybridized carbons (Fsp3) is 0.538. The Kier molecular flexibility index (Phi) is 6.49. The average Bonchev–Trinajstić information content (AvgIpc) is 2.34. The van der Waals surface area contributed by atoms with E-state index in [4.69, 9.17) is 10.5 Å². The highest BCUT2D eigenvalue weighted by Crippen LogP contribution is 2.24. The number of unbranched alkanes of at least 4 members (excludes halogenated alkanes) is 3. The van der Waals surface area contributed by atoms with Crippen LogP contribution in [0.2, 0.25) is 0 Å². The molecule has 0 aliphatic heterocycles. The number of alkyl halides is 3. The molecule has 0 aromatic heterocycles. The van der Waals surface area contributed by atoms with Crippen molar-refractivity contribution in [1.82, 2.24) is 0 Å². The highest BCUT2D eigenvalue weighted by molar-refractivity contribution is 5.31. The van der Waals surface area contributed by atoms with E-state index in [0.29, 0.717) is 18.9 Å². The van der Waals surface area contributed by atoms with Gasteiger partial charge >= 0.3 is 6.36 Å². The van der Waals surface area contributed by atoms with E-state index in [1.54, 1.807) is 0 Å². The predicted octanol–water partition coefficient (Wildman–Crippen LogP) is 3.48. The molecular formula is C13H18F3NO2. The molecule has 0 bridgehead atoms. The van der Waals surface area contributed by atoms with Gasteiger partial charge in [-0.3, -0.25) is 0 Å². The Morgan fingerprint density at radius 1 is 0.895 bits per heavy atom.